The predicted molar refractivity (Wildman–Crippen MR) is 561 cm³/mol. The molecule has 0 radical (unpaired) electrons. The summed E-state index contributed by atoms with van der Waals surface area (Å²) in [5.41, 5.74) is 35.3. The summed E-state index contributed by atoms with van der Waals surface area (Å²) < 4.78 is 0. The fourth-order valence-corrected chi connectivity index (χ4v) is 18.0. The molecule has 0 N–H and O–H groups in total. The van der Waals surface area contributed by atoms with Gasteiger partial charge in [-0.1, -0.05) is 443 Å². The molecule has 24 aromatic rings. The van der Waals surface area contributed by atoms with E-state index in [1.807, 2.05) is 18.2 Å². The zero-order chi connectivity index (χ0) is 89.3. The molecule has 6 nitrogen and oxygen atoms in total. The first kappa shape index (κ1) is 81.9. The Balaban J connectivity index is 0.000000117. The van der Waals surface area contributed by atoms with Gasteiger partial charge in [-0.2, -0.15) is 0 Å². The van der Waals surface area contributed by atoms with E-state index in [1.54, 1.807) is 0 Å². The van der Waals surface area contributed by atoms with Crippen LogP contribution in [0.5, 0.6) is 0 Å². The van der Waals surface area contributed by atoms with Crippen molar-refractivity contribution >= 4 is 54.3 Å². The quantitative estimate of drug-likeness (QED) is 0.0959. The lowest BCUT2D eigenvalue weighted by Crippen LogP contribution is -1.97. The minimum absolute atomic E-state index is 0.704. The van der Waals surface area contributed by atoms with Gasteiger partial charge < -0.3 is 0 Å². The summed E-state index contributed by atoms with van der Waals surface area (Å²) in [6.45, 7) is 0. The van der Waals surface area contributed by atoms with E-state index < -0.39 is 0 Å². The third-order valence-electron chi connectivity index (χ3n) is 25.0. The highest BCUT2D eigenvalue weighted by Crippen LogP contribution is 2.42. The van der Waals surface area contributed by atoms with Crippen molar-refractivity contribution in [2.24, 2.45) is 0 Å². The van der Waals surface area contributed by atoms with Gasteiger partial charge in [-0.15, -0.1) is 0 Å². The van der Waals surface area contributed by atoms with Crippen LogP contribution in [0.3, 0.4) is 0 Å². The van der Waals surface area contributed by atoms with Gasteiger partial charge in [0.15, 0.2) is 17.5 Å². The standard InChI is InChI=1S/2C44H30N2.C40H26N2/c1-5-15-31(16-6-1)35-25-36(32-17-7-2-8-18-32)28-39(27-35)43-41-23-13-14-24-42(41)45-44(46-43)40-29-37(33-19-9-3-10-20-33)26-38(30-40)34-21-11-4-12-22-34;1-3-11-31(12-4-1)37-15-9-17-39(29-37)33-21-25-35(26-22-33)43-41-19-7-8-20-42(41)45-44(46-43)36-27-23-34(24-28-36)40-18-10-16-38(30-40)32-13-5-2-6-14-32;1-3-9-33-25-35(23-17-27(33)7-1)29-13-19-31(20-14-29)39-37-11-5-6-12-38(37)41-40(42-39)32-21-15-30(16-22-32)36-24-18-28-8-2-4-10-34(28)26-36/h2*1-30H;1-26H. The second-order valence-electron chi connectivity index (χ2n) is 33.6. The van der Waals surface area contributed by atoms with E-state index in [9.17, 15) is 0 Å². The fourth-order valence-electron chi connectivity index (χ4n) is 18.0. The summed E-state index contributed by atoms with van der Waals surface area (Å²) in [7, 11) is 0. The monoisotopic (exact) mass is 1710 g/mol. The van der Waals surface area contributed by atoms with Crippen LogP contribution in [-0.2, 0) is 0 Å². The Kier molecular flexibility index (Phi) is 22.9. The minimum atomic E-state index is 0.704. The third kappa shape index (κ3) is 17.7. The first-order valence-electron chi connectivity index (χ1n) is 45.4. The van der Waals surface area contributed by atoms with Gasteiger partial charge in [0.1, 0.15) is 0 Å². The van der Waals surface area contributed by atoms with Gasteiger partial charge in [0.2, 0.25) is 0 Å². The molecule has 0 saturated heterocycles. The van der Waals surface area contributed by atoms with Gasteiger partial charge >= 0.3 is 0 Å². The maximum Gasteiger partial charge on any atom is 0.160 e. The molecule has 0 bridgehead atoms. The lowest BCUT2D eigenvalue weighted by molar-refractivity contribution is 1.23. The van der Waals surface area contributed by atoms with Crippen molar-refractivity contribution in [1.82, 2.24) is 29.9 Å². The molecule has 0 aliphatic heterocycles. The van der Waals surface area contributed by atoms with Crippen LogP contribution in [0.1, 0.15) is 0 Å². The number of aromatic nitrogens is 6. The minimum Gasteiger partial charge on any atom is -0.228 e. The molecule has 6 heteroatoms. The van der Waals surface area contributed by atoms with Crippen LogP contribution < -0.4 is 0 Å². The van der Waals surface area contributed by atoms with Gasteiger partial charge in [-0.05, 0) is 212 Å². The van der Waals surface area contributed by atoms with Gasteiger partial charge in [0.25, 0.3) is 0 Å². The summed E-state index contributed by atoms with van der Waals surface area (Å²) in [6, 6.07) is 184. The lowest BCUT2D eigenvalue weighted by atomic mass is 9.93. The zero-order valence-electron chi connectivity index (χ0n) is 73.3. The highest BCUT2D eigenvalue weighted by Gasteiger charge is 2.20. The summed E-state index contributed by atoms with van der Waals surface area (Å²) in [4.78, 5) is 30.7. The lowest BCUT2D eigenvalue weighted by Gasteiger charge is -2.15. The molecule has 0 aliphatic rings. The predicted octanol–water partition coefficient (Wildman–Crippen LogP) is 33.9. The maximum atomic E-state index is 5.37. The Morgan fingerprint density at radius 3 is 0.604 bits per heavy atom. The smallest absolute Gasteiger partial charge is 0.160 e. The van der Waals surface area contributed by atoms with Crippen LogP contribution in [0.2, 0.25) is 0 Å². The second-order valence-corrected chi connectivity index (χ2v) is 33.6. The largest absolute Gasteiger partial charge is 0.228 e. The third-order valence-corrected chi connectivity index (χ3v) is 25.0. The summed E-state index contributed by atoms with van der Waals surface area (Å²) in [5.74, 6) is 2.15. The Labute approximate surface area is 779 Å². The number of hydrogen-bond acceptors (Lipinski definition) is 6. The van der Waals surface area contributed by atoms with Crippen molar-refractivity contribution < 1.29 is 0 Å². The fraction of sp³-hybridized carbons (Fsp3) is 0. The summed E-state index contributed by atoms with van der Waals surface area (Å²) >= 11 is 0. The summed E-state index contributed by atoms with van der Waals surface area (Å²) in [5, 5.41) is 8.11. The Bertz CT molecular complexity index is 8230. The van der Waals surface area contributed by atoms with Crippen molar-refractivity contribution in [3.05, 3.63) is 522 Å². The molecule has 0 aliphatic carbocycles. The zero-order valence-corrected chi connectivity index (χ0v) is 73.3. The molecule has 24 rings (SSSR count). The Morgan fingerprint density at radius 1 is 0.0970 bits per heavy atom. The van der Waals surface area contributed by atoms with Gasteiger partial charge in [0.05, 0.1) is 33.6 Å². The molecule has 134 heavy (non-hydrogen) atoms. The van der Waals surface area contributed by atoms with Crippen LogP contribution in [-0.4, -0.2) is 29.9 Å². The topological polar surface area (TPSA) is 77.3 Å². The molecule has 0 atom stereocenters. The average Bonchev–Trinajstić information content (AvgIpc) is 0.926. The van der Waals surface area contributed by atoms with Crippen molar-refractivity contribution in [1.29, 1.82) is 0 Å². The molecule has 0 amide bonds. The first-order chi connectivity index (χ1) is 66.3. The normalized spacial score (nSPS) is 11.1. The van der Waals surface area contributed by atoms with E-state index in [2.05, 4.69) is 504 Å². The van der Waals surface area contributed by atoms with Crippen LogP contribution in [0, 0.1) is 0 Å². The van der Waals surface area contributed by atoms with Crippen LogP contribution in [0.25, 0.3) is 233 Å². The maximum absolute atomic E-state index is 5.37. The number of para-hydroxylation sites is 3. The SMILES string of the molecule is c1ccc(-c2cc(-c3ccccc3)cc(-c3nc(-c4cc(-c5ccccc5)cc(-c5ccccc5)c4)c4ccccc4n3)c2)cc1.c1ccc(-c2cccc(-c3ccc(-c4nc(-c5ccc(-c6cccc(-c7ccccc7)c6)cc5)c5ccccc5n4)cc3)c2)cc1.c1ccc2cc(-c3ccc(-c4nc(-c5ccc(-c6ccc7ccccc7c6)cc5)c5ccccc5n4)cc3)ccc2c1. The Hall–Kier alpha value is -17.8. The number of nitrogens with zero attached hydrogens (tertiary/aromatic N) is 6. The highest BCUT2D eigenvalue weighted by molar-refractivity contribution is 5.99. The average molecular weight is 1710 g/mol. The number of rotatable bonds is 16. The Morgan fingerprint density at radius 2 is 0.291 bits per heavy atom. The molecule has 628 valence electrons. The number of hydrogen-bond donors (Lipinski definition) is 0. The number of benzene rings is 21. The van der Waals surface area contributed by atoms with Crippen LogP contribution in [0.4, 0.5) is 0 Å². The molecular weight excluding hydrogens is 1620 g/mol. The molecule has 0 unspecified atom stereocenters. The van der Waals surface area contributed by atoms with Gasteiger partial charge in [-0.25, -0.2) is 29.9 Å². The molecule has 3 aromatic heterocycles. The van der Waals surface area contributed by atoms with Crippen LogP contribution >= 0.6 is 0 Å². The second kappa shape index (κ2) is 37.5. The van der Waals surface area contributed by atoms with Crippen LogP contribution in [0.15, 0.2) is 522 Å². The van der Waals surface area contributed by atoms with E-state index in [1.165, 1.54) is 93.9 Å². The number of fused-ring (bicyclic) bond motifs is 5. The molecular formula is C128H86N6. The van der Waals surface area contributed by atoms with E-state index in [-0.39, 0.29) is 0 Å². The van der Waals surface area contributed by atoms with E-state index in [4.69, 9.17) is 29.9 Å². The van der Waals surface area contributed by atoms with Crippen molar-refractivity contribution in [2.75, 3.05) is 0 Å². The van der Waals surface area contributed by atoms with E-state index >= 15 is 0 Å². The molecule has 0 spiro atoms. The van der Waals surface area contributed by atoms with Gasteiger partial charge in [0, 0.05) is 49.5 Å². The first-order valence-corrected chi connectivity index (χ1v) is 45.4. The van der Waals surface area contributed by atoms with Crippen molar-refractivity contribution in [3.63, 3.8) is 0 Å². The molecule has 0 saturated carbocycles. The molecule has 21 aromatic carbocycles. The molecule has 3 heterocycles. The van der Waals surface area contributed by atoms with Gasteiger partial charge in [-0.3, -0.25) is 0 Å². The molecule has 0 fully saturated rings. The highest BCUT2D eigenvalue weighted by atomic mass is 14.9. The van der Waals surface area contributed by atoms with E-state index in [0.717, 1.165) is 134 Å². The summed E-state index contributed by atoms with van der Waals surface area (Å²) in [6.07, 6.45) is 0. The van der Waals surface area contributed by atoms with Crippen molar-refractivity contribution in [3.8, 4) is 179 Å². The van der Waals surface area contributed by atoms with E-state index in [0.29, 0.717) is 5.82 Å². The van der Waals surface area contributed by atoms with Crippen molar-refractivity contribution in [2.45, 2.75) is 0 Å².